The maximum Gasteiger partial charge on any atom is 0.275 e. The lowest BCUT2D eigenvalue weighted by Crippen LogP contribution is -2.12. The lowest BCUT2D eigenvalue weighted by atomic mass is 10.2. The molecule has 1 amide bonds. The zero-order chi connectivity index (χ0) is 12.3. The molecule has 0 spiro atoms. The van der Waals surface area contributed by atoms with Crippen molar-refractivity contribution in [3.63, 3.8) is 0 Å². The molecule has 1 heterocycles. The van der Waals surface area contributed by atoms with Crippen molar-refractivity contribution in [1.29, 1.82) is 0 Å². The molecular weight excluding hydrogens is 243 g/mol. The predicted molar refractivity (Wildman–Crippen MR) is 63.0 cm³/mol. The maximum absolute atomic E-state index is 12.9. The van der Waals surface area contributed by atoms with E-state index in [1.54, 1.807) is 10.9 Å². The van der Waals surface area contributed by atoms with Crippen LogP contribution in [0.25, 0.3) is 0 Å². The second kappa shape index (κ2) is 4.92. The number of thiazole rings is 1. The number of anilines is 1. The summed E-state index contributed by atoms with van der Waals surface area (Å²) in [5.41, 5.74) is 2.30. The molecule has 4 nitrogen and oxygen atoms in total. The second-order valence-electron chi connectivity index (χ2n) is 3.17. The van der Waals surface area contributed by atoms with Crippen molar-refractivity contribution >= 4 is 22.9 Å². The first-order chi connectivity index (χ1) is 8.20. The topological polar surface area (TPSA) is 51.2 Å². The van der Waals surface area contributed by atoms with Gasteiger partial charge in [-0.1, -0.05) is 0 Å². The summed E-state index contributed by atoms with van der Waals surface area (Å²) in [4.78, 5) is 15.6. The van der Waals surface area contributed by atoms with Crippen LogP contribution in [-0.4, -0.2) is 18.0 Å². The van der Waals surface area contributed by atoms with E-state index in [-0.39, 0.29) is 11.7 Å². The summed E-state index contributed by atoms with van der Waals surface area (Å²) in [5, 5.41) is 4.23. The van der Waals surface area contributed by atoms with Crippen LogP contribution >= 0.6 is 11.3 Å². The van der Waals surface area contributed by atoms with Gasteiger partial charge in [0.05, 0.1) is 18.3 Å². The zero-order valence-corrected chi connectivity index (χ0v) is 9.75. The van der Waals surface area contributed by atoms with Gasteiger partial charge in [-0.25, -0.2) is 9.37 Å². The van der Waals surface area contributed by atoms with Gasteiger partial charge in [0.15, 0.2) is 0 Å². The van der Waals surface area contributed by atoms with Gasteiger partial charge in [-0.15, -0.1) is 11.3 Å². The Labute approximate surface area is 101 Å². The van der Waals surface area contributed by atoms with Gasteiger partial charge in [-0.3, -0.25) is 4.79 Å². The van der Waals surface area contributed by atoms with Crippen LogP contribution in [0.2, 0.25) is 0 Å². The van der Waals surface area contributed by atoms with Crippen LogP contribution in [0.5, 0.6) is 5.75 Å². The summed E-state index contributed by atoms with van der Waals surface area (Å²) < 4.78 is 17.9. The average molecular weight is 252 g/mol. The smallest absolute Gasteiger partial charge is 0.275 e. The van der Waals surface area contributed by atoms with E-state index in [2.05, 4.69) is 10.3 Å². The minimum Gasteiger partial charge on any atom is -0.494 e. The molecular formula is C11H9FN2O2S. The van der Waals surface area contributed by atoms with Gasteiger partial charge in [-0.05, 0) is 12.1 Å². The number of aromatic nitrogens is 1. The molecule has 0 saturated carbocycles. The van der Waals surface area contributed by atoms with E-state index in [1.807, 2.05) is 0 Å². The Morgan fingerprint density at radius 2 is 2.35 bits per heavy atom. The van der Waals surface area contributed by atoms with Gasteiger partial charge in [0, 0.05) is 11.4 Å². The first kappa shape index (κ1) is 11.5. The number of nitrogens with zero attached hydrogens (tertiary/aromatic N) is 1. The first-order valence-corrected chi connectivity index (χ1v) is 5.68. The van der Waals surface area contributed by atoms with Crippen molar-refractivity contribution in [1.82, 2.24) is 4.98 Å². The summed E-state index contributed by atoms with van der Waals surface area (Å²) in [7, 11) is 1.41. The van der Waals surface area contributed by atoms with Gasteiger partial charge >= 0.3 is 0 Å². The number of ether oxygens (including phenoxy) is 1. The van der Waals surface area contributed by atoms with E-state index < -0.39 is 5.82 Å². The highest BCUT2D eigenvalue weighted by Gasteiger charge is 2.11. The number of halogens is 1. The minimum atomic E-state index is -0.423. The third kappa shape index (κ3) is 2.59. The van der Waals surface area contributed by atoms with Crippen molar-refractivity contribution in [2.24, 2.45) is 0 Å². The second-order valence-corrected chi connectivity index (χ2v) is 3.89. The van der Waals surface area contributed by atoms with Crippen molar-refractivity contribution in [3.8, 4) is 5.75 Å². The summed E-state index contributed by atoms with van der Waals surface area (Å²) in [6, 6.07) is 3.90. The van der Waals surface area contributed by atoms with Gasteiger partial charge in [0.1, 0.15) is 17.3 Å². The van der Waals surface area contributed by atoms with Gasteiger partial charge in [0.2, 0.25) is 0 Å². The molecule has 0 radical (unpaired) electrons. The number of hydrogen-bond donors (Lipinski definition) is 1. The molecule has 0 atom stereocenters. The van der Waals surface area contributed by atoms with E-state index in [0.717, 1.165) is 0 Å². The lowest BCUT2D eigenvalue weighted by Gasteiger charge is -2.08. The van der Waals surface area contributed by atoms with Crippen LogP contribution in [0.1, 0.15) is 10.5 Å². The van der Waals surface area contributed by atoms with Crippen LogP contribution in [0.3, 0.4) is 0 Å². The normalized spacial score (nSPS) is 10.0. The van der Waals surface area contributed by atoms with Crippen molar-refractivity contribution in [2.75, 3.05) is 12.4 Å². The minimum absolute atomic E-state index is 0.272. The third-order valence-electron chi connectivity index (χ3n) is 2.08. The molecule has 0 bridgehead atoms. The molecule has 0 fully saturated rings. The fourth-order valence-corrected chi connectivity index (χ4v) is 1.81. The first-order valence-electron chi connectivity index (χ1n) is 4.74. The number of nitrogens with one attached hydrogen (secondary N) is 1. The molecule has 2 rings (SSSR count). The van der Waals surface area contributed by atoms with E-state index in [1.165, 1.54) is 36.6 Å². The Morgan fingerprint density at radius 1 is 1.53 bits per heavy atom. The van der Waals surface area contributed by atoms with Gasteiger partial charge in [0.25, 0.3) is 5.91 Å². The number of carbonyl (C=O) groups excluding carboxylic acids is 1. The molecule has 0 aliphatic heterocycles. The average Bonchev–Trinajstić information content (AvgIpc) is 2.85. The molecule has 1 aromatic carbocycles. The Kier molecular flexibility index (Phi) is 3.34. The Hall–Kier alpha value is -1.95. The largest absolute Gasteiger partial charge is 0.494 e. The van der Waals surface area contributed by atoms with Crippen molar-refractivity contribution in [2.45, 2.75) is 0 Å². The molecule has 0 saturated heterocycles. The number of hydrogen-bond acceptors (Lipinski definition) is 4. The third-order valence-corrected chi connectivity index (χ3v) is 2.66. The summed E-state index contributed by atoms with van der Waals surface area (Å²) in [6.45, 7) is 0. The monoisotopic (exact) mass is 252 g/mol. The standard InChI is InChI=1S/C11H9FN2O2S/c1-16-10-4-7(12)2-3-8(10)14-11(15)9-5-17-6-13-9/h2-6H,1H3,(H,14,15). The molecule has 6 heteroatoms. The van der Waals surface area contributed by atoms with Gasteiger partial charge < -0.3 is 10.1 Å². The quantitative estimate of drug-likeness (QED) is 0.913. The Bertz CT molecular complexity index is 528. The number of benzene rings is 1. The van der Waals surface area contributed by atoms with Crippen molar-refractivity contribution < 1.29 is 13.9 Å². The molecule has 88 valence electrons. The molecule has 0 aliphatic carbocycles. The van der Waals surface area contributed by atoms with Crippen LogP contribution in [-0.2, 0) is 0 Å². The SMILES string of the molecule is COc1cc(F)ccc1NC(=O)c1cscn1. The number of methoxy groups -OCH3 is 1. The highest BCUT2D eigenvalue weighted by molar-refractivity contribution is 7.07. The maximum atomic E-state index is 12.9. The molecule has 1 aromatic heterocycles. The molecule has 0 aliphatic rings. The fourth-order valence-electron chi connectivity index (χ4n) is 1.28. The fraction of sp³-hybridized carbons (Fsp3) is 0.0909. The number of amides is 1. The lowest BCUT2D eigenvalue weighted by molar-refractivity contribution is 0.102. The van der Waals surface area contributed by atoms with Gasteiger partial charge in [-0.2, -0.15) is 0 Å². The Balaban J connectivity index is 2.21. The highest BCUT2D eigenvalue weighted by Crippen LogP contribution is 2.25. The van der Waals surface area contributed by atoms with Crippen LogP contribution in [0.15, 0.2) is 29.1 Å². The summed E-state index contributed by atoms with van der Waals surface area (Å²) in [6.07, 6.45) is 0. The highest BCUT2D eigenvalue weighted by atomic mass is 32.1. The number of rotatable bonds is 3. The molecule has 1 N–H and O–H groups in total. The Morgan fingerprint density at radius 3 is 3.00 bits per heavy atom. The van der Waals surface area contributed by atoms with Crippen LogP contribution in [0.4, 0.5) is 10.1 Å². The summed E-state index contributed by atoms with van der Waals surface area (Å²) in [5.74, 6) is -0.502. The molecule has 17 heavy (non-hydrogen) atoms. The predicted octanol–water partition coefficient (Wildman–Crippen LogP) is 2.54. The molecule has 0 unspecified atom stereocenters. The van der Waals surface area contributed by atoms with Crippen LogP contribution < -0.4 is 10.1 Å². The van der Waals surface area contributed by atoms with E-state index in [9.17, 15) is 9.18 Å². The van der Waals surface area contributed by atoms with E-state index in [4.69, 9.17) is 4.74 Å². The van der Waals surface area contributed by atoms with E-state index in [0.29, 0.717) is 11.4 Å². The zero-order valence-electron chi connectivity index (χ0n) is 8.94. The molecule has 2 aromatic rings. The summed E-state index contributed by atoms with van der Waals surface area (Å²) >= 11 is 1.33. The van der Waals surface area contributed by atoms with Crippen LogP contribution in [0, 0.1) is 5.82 Å². The van der Waals surface area contributed by atoms with Crippen molar-refractivity contribution in [3.05, 3.63) is 40.6 Å². The van der Waals surface area contributed by atoms with E-state index >= 15 is 0 Å². The number of carbonyl (C=O) groups is 1.